The largest absolute Gasteiger partial charge is 0.444 e. The third-order valence-corrected chi connectivity index (χ3v) is 7.87. The summed E-state index contributed by atoms with van der Waals surface area (Å²) in [5.74, 6) is -1.61. The average molecular weight is 545 g/mol. The highest BCUT2D eigenvalue weighted by Crippen LogP contribution is 2.38. The molecule has 2 N–H and O–H groups in total. The van der Waals surface area contributed by atoms with Crippen LogP contribution in [0.4, 0.5) is 14.9 Å². The highest BCUT2D eigenvalue weighted by molar-refractivity contribution is 7.89. The highest BCUT2D eigenvalue weighted by Gasteiger charge is 2.43. The summed E-state index contributed by atoms with van der Waals surface area (Å²) in [6.45, 7) is 6.74. The second-order valence-corrected chi connectivity index (χ2v) is 12.3. The van der Waals surface area contributed by atoms with Gasteiger partial charge in [-0.15, -0.1) is 0 Å². The Morgan fingerprint density at radius 3 is 2.47 bits per heavy atom. The van der Waals surface area contributed by atoms with Crippen LogP contribution in [-0.2, 0) is 27.3 Å². The number of nitrogens with one attached hydrogen (secondary N) is 2. The molecule has 11 nitrogen and oxygen atoms in total. The molecule has 3 heterocycles. The Kier molecular flexibility index (Phi) is 6.68. The minimum atomic E-state index is -3.87. The zero-order valence-corrected chi connectivity index (χ0v) is 22.7. The molecule has 0 radical (unpaired) electrons. The van der Waals surface area contributed by atoms with Gasteiger partial charge in [-0.05, 0) is 58.0 Å². The van der Waals surface area contributed by atoms with Gasteiger partial charge >= 0.3 is 6.09 Å². The third kappa shape index (κ3) is 5.47. The SMILES string of the molecule is CN1C(NC(=O)OC(C)(C)C)=N[C@](C)(c2cn(C)c3ccc(NC(=O)c4ccc(F)cn4)cc23)CS1(=O)=O. The summed E-state index contributed by atoms with van der Waals surface area (Å²) in [7, 11) is -0.750. The molecule has 0 bridgehead atoms. The zero-order valence-electron chi connectivity index (χ0n) is 21.9. The number of aromatic nitrogens is 2. The van der Waals surface area contributed by atoms with E-state index in [1.165, 1.54) is 13.1 Å². The number of ether oxygens (including phenoxy) is 1. The van der Waals surface area contributed by atoms with Gasteiger partial charge in [-0.2, -0.15) is 0 Å². The maximum absolute atomic E-state index is 13.2. The predicted molar refractivity (Wildman–Crippen MR) is 141 cm³/mol. The number of pyridine rings is 1. The number of hydrogen-bond acceptors (Lipinski definition) is 7. The van der Waals surface area contributed by atoms with E-state index in [-0.39, 0.29) is 17.4 Å². The second kappa shape index (κ2) is 9.39. The van der Waals surface area contributed by atoms with Crippen molar-refractivity contribution in [2.45, 2.75) is 38.8 Å². The molecule has 0 fully saturated rings. The van der Waals surface area contributed by atoms with Crippen molar-refractivity contribution in [1.82, 2.24) is 19.2 Å². The number of aliphatic imine (C=N–C) groups is 1. The Balaban J connectivity index is 1.74. The topological polar surface area (TPSA) is 135 Å². The van der Waals surface area contributed by atoms with Crippen molar-refractivity contribution < 1.29 is 27.1 Å². The Bertz CT molecular complexity index is 1560. The molecule has 2 aromatic heterocycles. The lowest BCUT2D eigenvalue weighted by Crippen LogP contribution is -2.54. The van der Waals surface area contributed by atoms with Crippen LogP contribution in [0.15, 0.2) is 47.7 Å². The number of rotatable bonds is 3. The second-order valence-electron chi connectivity index (χ2n) is 10.3. The number of fused-ring (bicyclic) bond motifs is 1. The van der Waals surface area contributed by atoms with E-state index in [9.17, 15) is 22.4 Å². The molecule has 202 valence electrons. The molecule has 1 aliphatic heterocycles. The number of amides is 2. The number of anilines is 1. The van der Waals surface area contributed by atoms with Crippen LogP contribution in [0, 0.1) is 5.82 Å². The summed E-state index contributed by atoms with van der Waals surface area (Å²) in [5.41, 5.74) is -0.262. The van der Waals surface area contributed by atoms with Crippen LogP contribution in [0.25, 0.3) is 10.9 Å². The van der Waals surface area contributed by atoms with Crippen molar-refractivity contribution in [2.24, 2.45) is 12.0 Å². The molecule has 1 atom stereocenters. The Labute approximate surface area is 219 Å². The minimum Gasteiger partial charge on any atom is -0.444 e. The van der Waals surface area contributed by atoms with E-state index in [0.717, 1.165) is 22.1 Å². The quantitative estimate of drug-likeness (QED) is 0.519. The van der Waals surface area contributed by atoms with Gasteiger partial charge in [-0.3, -0.25) is 10.1 Å². The Morgan fingerprint density at radius 2 is 1.84 bits per heavy atom. The van der Waals surface area contributed by atoms with E-state index in [1.807, 2.05) is 11.6 Å². The molecule has 0 saturated carbocycles. The molecule has 0 unspecified atom stereocenters. The van der Waals surface area contributed by atoms with E-state index in [4.69, 9.17) is 4.74 Å². The lowest BCUT2D eigenvalue weighted by Gasteiger charge is -2.35. The van der Waals surface area contributed by atoms with Gasteiger partial charge in [0, 0.05) is 42.4 Å². The standard InChI is InChI=1S/C25H29FN6O5S/c1-24(2,3)37-23(34)29-22-30-25(4,14-38(35,36)32(22)6)18-13-31(5)20-10-8-16(11-17(18)20)28-21(33)19-9-7-15(26)12-27-19/h7-13H,14H2,1-6H3,(H,28,33)(H,29,30,34)/t25-/m0/s1. The fraction of sp³-hybridized carbons (Fsp3) is 0.360. The monoisotopic (exact) mass is 544 g/mol. The summed E-state index contributed by atoms with van der Waals surface area (Å²) in [6.07, 6.45) is 1.89. The molecule has 0 aliphatic carbocycles. The number of hydrogen-bond donors (Lipinski definition) is 2. The molecule has 0 spiro atoms. The van der Waals surface area contributed by atoms with Crippen LogP contribution in [0.3, 0.4) is 0 Å². The lowest BCUT2D eigenvalue weighted by atomic mass is 9.94. The van der Waals surface area contributed by atoms with Gasteiger partial charge in [-0.25, -0.2) is 31.9 Å². The first-order chi connectivity index (χ1) is 17.6. The fourth-order valence-corrected chi connectivity index (χ4v) is 5.64. The first-order valence-electron chi connectivity index (χ1n) is 11.7. The molecule has 13 heteroatoms. The molecule has 1 aromatic carbocycles. The van der Waals surface area contributed by atoms with Crippen LogP contribution in [-0.4, -0.2) is 58.6 Å². The molecule has 4 rings (SSSR count). The van der Waals surface area contributed by atoms with E-state index in [2.05, 4.69) is 20.6 Å². The predicted octanol–water partition coefficient (Wildman–Crippen LogP) is 3.34. The smallest absolute Gasteiger partial charge is 0.414 e. The Morgan fingerprint density at radius 1 is 1.13 bits per heavy atom. The summed E-state index contributed by atoms with van der Waals surface area (Å²) >= 11 is 0. The molecular formula is C25H29FN6O5S. The van der Waals surface area contributed by atoms with Gasteiger partial charge < -0.3 is 14.6 Å². The van der Waals surface area contributed by atoms with Gasteiger partial charge in [0.15, 0.2) is 0 Å². The van der Waals surface area contributed by atoms with Crippen molar-refractivity contribution >= 4 is 44.6 Å². The van der Waals surface area contributed by atoms with E-state index in [1.54, 1.807) is 52.1 Å². The number of carbonyl (C=O) groups is 2. The average Bonchev–Trinajstić information content (AvgIpc) is 3.13. The highest BCUT2D eigenvalue weighted by atomic mass is 32.2. The zero-order chi connectivity index (χ0) is 28.0. The summed E-state index contributed by atoms with van der Waals surface area (Å²) in [6, 6.07) is 7.60. The number of nitrogens with zero attached hydrogens (tertiary/aromatic N) is 4. The van der Waals surface area contributed by atoms with Crippen molar-refractivity contribution in [1.29, 1.82) is 0 Å². The molecular weight excluding hydrogens is 515 g/mol. The summed E-state index contributed by atoms with van der Waals surface area (Å²) < 4.78 is 47.5. The molecule has 0 saturated heterocycles. The van der Waals surface area contributed by atoms with Gasteiger partial charge in [0.25, 0.3) is 5.91 Å². The number of guanidine groups is 1. The van der Waals surface area contributed by atoms with Gasteiger partial charge in [0.05, 0.1) is 11.9 Å². The first kappa shape index (κ1) is 27.0. The van der Waals surface area contributed by atoms with Crippen molar-refractivity contribution in [3.8, 4) is 0 Å². The van der Waals surface area contributed by atoms with Crippen LogP contribution in [0.1, 0.15) is 43.7 Å². The number of alkyl carbamates (subject to hydrolysis) is 1. The van der Waals surface area contributed by atoms with E-state index < -0.39 is 39.0 Å². The Hall–Kier alpha value is -4.00. The normalized spacial score (nSPS) is 19.1. The number of halogens is 1. The number of carbonyl (C=O) groups excluding carboxylic acids is 2. The molecule has 3 aromatic rings. The maximum atomic E-state index is 13.2. The van der Waals surface area contributed by atoms with E-state index >= 15 is 0 Å². The first-order valence-corrected chi connectivity index (χ1v) is 13.3. The molecule has 38 heavy (non-hydrogen) atoms. The van der Waals surface area contributed by atoms with Crippen LogP contribution in [0.5, 0.6) is 0 Å². The summed E-state index contributed by atoms with van der Waals surface area (Å²) in [5, 5.41) is 5.84. The number of aryl methyl sites for hydroxylation is 1. The maximum Gasteiger partial charge on any atom is 0.414 e. The summed E-state index contributed by atoms with van der Waals surface area (Å²) in [4.78, 5) is 33.5. The third-order valence-electron chi connectivity index (χ3n) is 5.93. The fourth-order valence-electron chi connectivity index (χ4n) is 4.16. The molecule has 2 amide bonds. The van der Waals surface area contributed by atoms with Crippen LogP contribution in [0.2, 0.25) is 0 Å². The van der Waals surface area contributed by atoms with Gasteiger partial charge in [0.1, 0.15) is 22.7 Å². The minimum absolute atomic E-state index is 0.0376. The van der Waals surface area contributed by atoms with Crippen molar-refractivity contribution in [3.63, 3.8) is 0 Å². The van der Waals surface area contributed by atoms with Gasteiger partial charge in [0.2, 0.25) is 16.0 Å². The van der Waals surface area contributed by atoms with Crippen LogP contribution >= 0.6 is 0 Å². The van der Waals surface area contributed by atoms with Crippen molar-refractivity contribution in [3.05, 3.63) is 59.8 Å². The number of sulfonamides is 1. The number of benzene rings is 1. The van der Waals surface area contributed by atoms with Crippen molar-refractivity contribution in [2.75, 3.05) is 18.1 Å². The molecule has 1 aliphatic rings. The lowest BCUT2D eigenvalue weighted by molar-refractivity contribution is 0.0559. The van der Waals surface area contributed by atoms with Gasteiger partial charge in [-0.1, -0.05) is 0 Å². The van der Waals surface area contributed by atoms with E-state index in [0.29, 0.717) is 16.6 Å². The van der Waals surface area contributed by atoms with Crippen LogP contribution < -0.4 is 10.6 Å².